The minimum absolute atomic E-state index is 0.265. The van der Waals surface area contributed by atoms with Crippen molar-refractivity contribution in [2.24, 2.45) is 5.41 Å². The van der Waals surface area contributed by atoms with Crippen LogP contribution in [-0.2, 0) is 6.42 Å². The lowest BCUT2D eigenvalue weighted by Gasteiger charge is -2.28. The fourth-order valence-corrected chi connectivity index (χ4v) is 3.13. The maximum Gasteiger partial charge on any atom is -0.0123 e. The van der Waals surface area contributed by atoms with Crippen molar-refractivity contribution in [2.75, 3.05) is 0 Å². The summed E-state index contributed by atoms with van der Waals surface area (Å²) in [6, 6.07) is 8.93. The molecule has 0 amide bonds. The average Bonchev–Trinajstić information content (AvgIpc) is 2.72. The molecule has 88 valence electrons. The van der Waals surface area contributed by atoms with Crippen LogP contribution in [0.15, 0.2) is 41.5 Å². The Balaban J connectivity index is 2.16. The molecular weight excluding hydrogens is 204 g/mol. The summed E-state index contributed by atoms with van der Waals surface area (Å²) in [7, 11) is 0. The predicted octanol–water partition coefficient (Wildman–Crippen LogP) is 4.76. The summed E-state index contributed by atoms with van der Waals surface area (Å²) in [5, 5.41) is 0. The second-order valence-electron chi connectivity index (χ2n) is 6.21. The van der Waals surface area contributed by atoms with Crippen LogP contribution in [0.4, 0.5) is 0 Å². The molecular formula is C17H20. The molecule has 0 aliphatic heterocycles. The Hall–Kier alpha value is -1.30. The maximum atomic E-state index is 2.45. The van der Waals surface area contributed by atoms with Crippen LogP contribution in [-0.4, -0.2) is 0 Å². The van der Waals surface area contributed by atoms with E-state index in [1.807, 2.05) is 0 Å². The second kappa shape index (κ2) is 3.60. The first-order chi connectivity index (χ1) is 8.07. The van der Waals surface area contributed by atoms with Gasteiger partial charge in [0.05, 0.1) is 0 Å². The standard InChI is InChI=1S/C17H20/c1-17(2,3)15-11-10-13-9-8-12-6-4-5-7-14(12)16(13)15/h4-7,11H,8-10H2,1-3H3. The van der Waals surface area contributed by atoms with Gasteiger partial charge in [0.1, 0.15) is 0 Å². The Morgan fingerprint density at radius 3 is 2.53 bits per heavy atom. The average molecular weight is 224 g/mol. The molecule has 0 fully saturated rings. The first-order valence-corrected chi connectivity index (χ1v) is 6.58. The Bertz CT molecular complexity index is 521. The fraction of sp³-hybridized carbons (Fsp3) is 0.412. The van der Waals surface area contributed by atoms with Gasteiger partial charge in [-0.15, -0.1) is 0 Å². The van der Waals surface area contributed by atoms with Crippen molar-refractivity contribution in [3.05, 3.63) is 52.6 Å². The predicted molar refractivity (Wildman–Crippen MR) is 73.8 cm³/mol. The number of rotatable bonds is 0. The summed E-state index contributed by atoms with van der Waals surface area (Å²) < 4.78 is 0. The van der Waals surface area contributed by atoms with E-state index in [4.69, 9.17) is 0 Å². The number of fused-ring (bicyclic) bond motifs is 2. The number of hydrogen-bond acceptors (Lipinski definition) is 0. The van der Waals surface area contributed by atoms with E-state index in [2.05, 4.69) is 51.1 Å². The van der Waals surface area contributed by atoms with E-state index in [1.165, 1.54) is 30.4 Å². The number of allylic oxidation sites excluding steroid dienone is 4. The summed E-state index contributed by atoms with van der Waals surface area (Å²) in [4.78, 5) is 0. The zero-order chi connectivity index (χ0) is 12.0. The van der Waals surface area contributed by atoms with E-state index < -0.39 is 0 Å². The second-order valence-corrected chi connectivity index (χ2v) is 6.21. The van der Waals surface area contributed by atoms with Gasteiger partial charge in [0.25, 0.3) is 0 Å². The molecule has 0 bridgehead atoms. The molecule has 0 radical (unpaired) electrons. The molecule has 0 N–H and O–H groups in total. The van der Waals surface area contributed by atoms with Gasteiger partial charge in [-0.2, -0.15) is 0 Å². The Morgan fingerprint density at radius 1 is 1.00 bits per heavy atom. The lowest BCUT2D eigenvalue weighted by Crippen LogP contribution is -2.12. The number of benzene rings is 1. The highest BCUT2D eigenvalue weighted by Gasteiger charge is 2.30. The summed E-state index contributed by atoms with van der Waals surface area (Å²) in [5.41, 5.74) is 8.07. The lowest BCUT2D eigenvalue weighted by molar-refractivity contribution is 0.521. The maximum absolute atomic E-state index is 2.45. The Morgan fingerprint density at radius 2 is 1.76 bits per heavy atom. The van der Waals surface area contributed by atoms with Gasteiger partial charge >= 0.3 is 0 Å². The van der Waals surface area contributed by atoms with Crippen molar-refractivity contribution in [3.8, 4) is 0 Å². The zero-order valence-electron chi connectivity index (χ0n) is 11.0. The van der Waals surface area contributed by atoms with E-state index in [0.717, 1.165) is 0 Å². The molecule has 0 aromatic heterocycles. The van der Waals surface area contributed by atoms with Crippen molar-refractivity contribution in [1.29, 1.82) is 0 Å². The summed E-state index contributed by atoms with van der Waals surface area (Å²) >= 11 is 0. The van der Waals surface area contributed by atoms with Crippen LogP contribution in [0.5, 0.6) is 0 Å². The number of aryl methyl sites for hydroxylation is 1. The lowest BCUT2D eigenvalue weighted by atomic mass is 9.77. The highest BCUT2D eigenvalue weighted by Crippen LogP contribution is 2.47. The smallest absolute Gasteiger partial charge is 0.0123 e. The van der Waals surface area contributed by atoms with Crippen molar-refractivity contribution >= 4 is 5.57 Å². The molecule has 0 unspecified atom stereocenters. The van der Waals surface area contributed by atoms with Crippen LogP contribution in [0.1, 0.15) is 44.7 Å². The van der Waals surface area contributed by atoms with Crippen molar-refractivity contribution < 1.29 is 0 Å². The van der Waals surface area contributed by atoms with Gasteiger partial charge in [-0.25, -0.2) is 0 Å². The van der Waals surface area contributed by atoms with Gasteiger partial charge in [-0.3, -0.25) is 0 Å². The van der Waals surface area contributed by atoms with Crippen LogP contribution in [0.3, 0.4) is 0 Å². The molecule has 3 rings (SSSR count). The summed E-state index contributed by atoms with van der Waals surface area (Å²) in [5.74, 6) is 0. The van der Waals surface area contributed by atoms with E-state index >= 15 is 0 Å². The minimum atomic E-state index is 0.265. The van der Waals surface area contributed by atoms with Gasteiger partial charge in [0.2, 0.25) is 0 Å². The molecule has 0 nitrogen and oxygen atoms in total. The highest BCUT2D eigenvalue weighted by atomic mass is 14.3. The fourth-order valence-electron chi connectivity index (χ4n) is 3.13. The SMILES string of the molecule is CC(C)(C)C1=CCC2=C1c1ccccc1CC2. The number of hydrogen-bond donors (Lipinski definition) is 0. The summed E-state index contributed by atoms with van der Waals surface area (Å²) in [6.45, 7) is 6.98. The van der Waals surface area contributed by atoms with Gasteiger partial charge in [0.15, 0.2) is 0 Å². The third-order valence-corrected chi connectivity index (χ3v) is 3.97. The quantitative estimate of drug-likeness (QED) is 0.596. The van der Waals surface area contributed by atoms with Crippen LogP contribution in [0.2, 0.25) is 0 Å². The molecule has 0 spiro atoms. The topological polar surface area (TPSA) is 0 Å². The van der Waals surface area contributed by atoms with E-state index in [0.29, 0.717) is 0 Å². The summed E-state index contributed by atoms with van der Waals surface area (Å²) in [6.07, 6.45) is 6.10. The van der Waals surface area contributed by atoms with Crippen LogP contribution in [0.25, 0.3) is 5.57 Å². The van der Waals surface area contributed by atoms with Crippen LogP contribution in [0, 0.1) is 5.41 Å². The first-order valence-electron chi connectivity index (χ1n) is 6.58. The van der Waals surface area contributed by atoms with Gasteiger partial charge in [-0.05, 0) is 47.0 Å². The van der Waals surface area contributed by atoms with Gasteiger partial charge in [0, 0.05) is 0 Å². The first kappa shape index (κ1) is 10.8. The normalized spacial score (nSPS) is 18.9. The van der Waals surface area contributed by atoms with Crippen molar-refractivity contribution in [3.63, 3.8) is 0 Å². The van der Waals surface area contributed by atoms with Gasteiger partial charge < -0.3 is 0 Å². The Labute approximate surface area is 104 Å². The molecule has 1 aromatic carbocycles. The van der Waals surface area contributed by atoms with Crippen LogP contribution >= 0.6 is 0 Å². The Kier molecular flexibility index (Phi) is 2.29. The monoisotopic (exact) mass is 224 g/mol. The molecule has 0 atom stereocenters. The van der Waals surface area contributed by atoms with Crippen molar-refractivity contribution in [1.82, 2.24) is 0 Å². The largest absolute Gasteiger partial charge is 0.0761 e. The highest BCUT2D eigenvalue weighted by molar-refractivity contribution is 5.87. The molecule has 1 aromatic rings. The van der Waals surface area contributed by atoms with E-state index in [9.17, 15) is 0 Å². The molecule has 0 saturated heterocycles. The molecule has 0 saturated carbocycles. The van der Waals surface area contributed by atoms with E-state index in [-0.39, 0.29) is 5.41 Å². The van der Waals surface area contributed by atoms with Gasteiger partial charge in [-0.1, -0.05) is 56.7 Å². The minimum Gasteiger partial charge on any atom is -0.0761 e. The molecule has 17 heavy (non-hydrogen) atoms. The van der Waals surface area contributed by atoms with Crippen LogP contribution < -0.4 is 0 Å². The molecule has 2 aliphatic rings. The van der Waals surface area contributed by atoms with E-state index in [1.54, 1.807) is 16.7 Å². The molecule has 0 heterocycles. The molecule has 2 aliphatic carbocycles. The third-order valence-electron chi connectivity index (χ3n) is 3.97. The van der Waals surface area contributed by atoms with Crippen molar-refractivity contribution in [2.45, 2.75) is 40.0 Å². The zero-order valence-corrected chi connectivity index (χ0v) is 11.0. The third kappa shape index (κ3) is 1.67. The molecule has 0 heteroatoms.